The number of nitrogens with zero attached hydrogens (tertiary/aromatic N) is 2. The maximum absolute atomic E-state index is 5.41. The zero-order chi connectivity index (χ0) is 30.5. The summed E-state index contributed by atoms with van der Waals surface area (Å²) in [6.45, 7) is 0. The molecule has 0 amide bonds. The molecule has 8 aromatic rings. The van der Waals surface area contributed by atoms with Gasteiger partial charge in [0, 0.05) is 28.6 Å². The molecule has 1 N–H and O–H groups in total. The van der Waals surface area contributed by atoms with Crippen LogP contribution in [0.1, 0.15) is 22.9 Å². The van der Waals surface area contributed by atoms with E-state index in [0.29, 0.717) is 0 Å². The second kappa shape index (κ2) is 10.8. The topological polar surface area (TPSA) is 37.3 Å². The quantitative estimate of drug-likeness (QED) is 0.208. The van der Waals surface area contributed by atoms with Crippen LogP contribution < -0.4 is 5.32 Å². The van der Waals surface area contributed by atoms with Gasteiger partial charge in [-0.15, -0.1) is 0 Å². The van der Waals surface area contributed by atoms with Crippen LogP contribution in [-0.2, 0) is 0 Å². The van der Waals surface area contributed by atoms with Crippen molar-refractivity contribution in [3.05, 3.63) is 181 Å². The van der Waals surface area contributed by atoms with Gasteiger partial charge in [0.05, 0.1) is 11.4 Å². The fraction of sp³-hybridized carbons (Fsp3) is 0.0233. The van der Waals surface area contributed by atoms with Crippen molar-refractivity contribution in [1.29, 1.82) is 0 Å². The summed E-state index contributed by atoms with van der Waals surface area (Å²) in [4.78, 5) is 9.96. The summed E-state index contributed by atoms with van der Waals surface area (Å²) >= 11 is 0. The van der Waals surface area contributed by atoms with Crippen LogP contribution in [0.5, 0.6) is 0 Å². The van der Waals surface area contributed by atoms with Gasteiger partial charge in [0.15, 0.2) is 0 Å². The zero-order valence-corrected chi connectivity index (χ0v) is 25.1. The van der Waals surface area contributed by atoms with Crippen molar-refractivity contribution >= 4 is 54.5 Å². The van der Waals surface area contributed by atoms with Crippen LogP contribution in [0, 0.1) is 0 Å². The van der Waals surface area contributed by atoms with Gasteiger partial charge in [0.2, 0.25) is 0 Å². The molecule has 0 saturated carbocycles. The van der Waals surface area contributed by atoms with Crippen LogP contribution >= 0.6 is 0 Å². The summed E-state index contributed by atoms with van der Waals surface area (Å²) in [7, 11) is 0. The number of rotatable bonds is 4. The van der Waals surface area contributed by atoms with Gasteiger partial charge < -0.3 is 5.32 Å². The van der Waals surface area contributed by atoms with Crippen LogP contribution in [0.2, 0.25) is 0 Å². The standard InChI is InChI=1S/C43H29N3/c1-3-13-32-30(11-1)25-38(36-17-7-5-15-34(32)36)41-27-42(39-26-31-12-2-4-14-33(31)35-16-6-8-18-37(35)39)46-43(45-41)29-22-20-28(21-23-29)40-19-9-10-24-44-40/h1-27,43,45H. The fourth-order valence-electron chi connectivity index (χ4n) is 6.91. The molecule has 1 atom stereocenters. The Labute approximate surface area is 267 Å². The van der Waals surface area contributed by atoms with Crippen LogP contribution in [0.15, 0.2) is 169 Å². The highest BCUT2D eigenvalue weighted by atomic mass is 15.1. The Hall–Kier alpha value is -6.06. The van der Waals surface area contributed by atoms with Crippen LogP contribution in [0.4, 0.5) is 0 Å². The molecule has 1 aliphatic heterocycles. The first-order chi connectivity index (χ1) is 22.8. The van der Waals surface area contributed by atoms with Gasteiger partial charge in [0.1, 0.15) is 6.17 Å². The van der Waals surface area contributed by atoms with Crippen LogP contribution in [0.25, 0.3) is 60.0 Å². The van der Waals surface area contributed by atoms with Gasteiger partial charge in [-0.05, 0) is 79.0 Å². The molecule has 9 rings (SSSR count). The number of pyridine rings is 1. The molecule has 1 aromatic heterocycles. The minimum atomic E-state index is -0.275. The highest BCUT2D eigenvalue weighted by Crippen LogP contribution is 2.37. The minimum absolute atomic E-state index is 0.275. The van der Waals surface area contributed by atoms with Crippen LogP contribution in [-0.4, -0.2) is 10.7 Å². The number of allylic oxidation sites excluding steroid dienone is 1. The second-order valence-electron chi connectivity index (χ2n) is 11.8. The highest BCUT2D eigenvalue weighted by Gasteiger charge is 2.23. The van der Waals surface area contributed by atoms with Crippen molar-refractivity contribution in [2.75, 3.05) is 0 Å². The van der Waals surface area contributed by atoms with Gasteiger partial charge in [0.25, 0.3) is 0 Å². The van der Waals surface area contributed by atoms with E-state index in [1.165, 1.54) is 48.7 Å². The van der Waals surface area contributed by atoms with E-state index >= 15 is 0 Å². The summed E-state index contributed by atoms with van der Waals surface area (Å²) in [5.74, 6) is 0. The van der Waals surface area contributed by atoms with E-state index in [1.54, 1.807) is 0 Å². The van der Waals surface area contributed by atoms with E-state index in [-0.39, 0.29) is 6.17 Å². The van der Waals surface area contributed by atoms with Gasteiger partial charge in [-0.2, -0.15) is 0 Å². The van der Waals surface area contributed by atoms with Gasteiger partial charge in [-0.3, -0.25) is 9.98 Å². The molecular weight excluding hydrogens is 558 g/mol. The van der Waals surface area contributed by atoms with Crippen molar-refractivity contribution in [2.24, 2.45) is 4.99 Å². The first-order valence-electron chi connectivity index (χ1n) is 15.7. The Kier molecular flexibility index (Phi) is 6.20. The maximum Gasteiger partial charge on any atom is 0.145 e. The summed E-state index contributed by atoms with van der Waals surface area (Å²) in [5, 5.41) is 13.7. The van der Waals surface area contributed by atoms with E-state index in [9.17, 15) is 0 Å². The van der Waals surface area contributed by atoms with Gasteiger partial charge >= 0.3 is 0 Å². The average Bonchev–Trinajstić information content (AvgIpc) is 3.14. The Balaban J connectivity index is 1.26. The summed E-state index contributed by atoms with van der Waals surface area (Å²) in [6, 6.07) is 53.9. The van der Waals surface area contributed by atoms with Crippen LogP contribution in [0.3, 0.4) is 0 Å². The lowest BCUT2D eigenvalue weighted by Crippen LogP contribution is -2.25. The van der Waals surface area contributed by atoms with Crippen molar-refractivity contribution in [3.8, 4) is 11.3 Å². The number of nitrogens with one attached hydrogen (secondary N) is 1. The number of aliphatic imine (C=N–C) groups is 1. The molecule has 3 heteroatoms. The zero-order valence-electron chi connectivity index (χ0n) is 25.1. The maximum atomic E-state index is 5.41. The first-order valence-corrected chi connectivity index (χ1v) is 15.7. The summed E-state index contributed by atoms with van der Waals surface area (Å²) in [6.07, 6.45) is 3.80. The molecule has 216 valence electrons. The molecule has 2 heterocycles. The molecule has 46 heavy (non-hydrogen) atoms. The predicted octanol–water partition coefficient (Wildman–Crippen LogP) is 10.5. The van der Waals surface area contributed by atoms with E-state index < -0.39 is 0 Å². The second-order valence-corrected chi connectivity index (χ2v) is 11.8. The van der Waals surface area contributed by atoms with Crippen molar-refractivity contribution < 1.29 is 0 Å². The number of benzene rings is 7. The lowest BCUT2D eigenvalue weighted by atomic mass is 9.91. The Morgan fingerprint density at radius 3 is 1.65 bits per heavy atom. The van der Waals surface area contributed by atoms with Crippen molar-refractivity contribution in [2.45, 2.75) is 6.17 Å². The Morgan fingerprint density at radius 1 is 0.478 bits per heavy atom. The number of hydrogen-bond acceptors (Lipinski definition) is 3. The monoisotopic (exact) mass is 587 g/mol. The van der Waals surface area contributed by atoms with Gasteiger partial charge in [-0.25, -0.2) is 0 Å². The Morgan fingerprint density at radius 2 is 1.02 bits per heavy atom. The number of hydrogen-bond donors (Lipinski definition) is 1. The van der Waals surface area contributed by atoms with Crippen molar-refractivity contribution in [3.63, 3.8) is 0 Å². The third kappa shape index (κ3) is 4.44. The van der Waals surface area contributed by atoms with E-state index in [0.717, 1.165) is 33.8 Å². The van der Waals surface area contributed by atoms with E-state index in [1.807, 2.05) is 24.4 Å². The molecule has 1 unspecified atom stereocenters. The molecule has 0 bridgehead atoms. The molecule has 0 fully saturated rings. The normalized spacial score (nSPS) is 14.7. The summed E-state index contributed by atoms with van der Waals surface area (Å²) in [5.41, 5.74) is 7.46. The lowest BCUT2D eigenvalue weighted by molar-refractivity contribution is 0.665. The number of aromatic nitrogens is 1. The lowest BCUT2D eigenvalue weighted by Gasteiger charge is -2.26. The van der Waals surface area contributed by atoms with E-state index in [4.69, 9.17) is 4.99 Å². The molecule has 7 aromatic carbocycles. The highest BCUT2D eigenvalue weighted by molar-refractivity contribution is 6.24. The SMILES string of the molecule is C1=C(c2cc3ccccc3c3ccccc23)NC(c2ccc(-c3ccccn3)cc2)N=C1c1cc2ccccc2c2ccccc12. The smallest absolute Gasteiger partial charge is 0.145 e. The molecule has 0 aliphatic carbocycles. The predicted molar refractivity (Wildman–Crippen MR) is 193 cm³/mol. The first kappa shape index (κ1) is 26.4. The minimum Gasteiger partial charge on any atom is -0.359 e. The van der Waals surface area contributed by atoms with Crippen molar-refractivity contribution in [1.82, 2.24) is 10.3 Å². The molecule has 0 spiro atoms. The van der Waals surface area contributed by atoms with E-state index in [2.05, 4.69) is 150 Å². The molecule has 0 saturated heterocycles. The average molecular weight is 588 g/mol. The fourth-order valence-corrected chi connectivity index (χ4v) is 6.91. The number of fused-ring (bicyclic) bond motifs is 6. The third-order valence-corrected chi connectivity index (χ3v) is 9.13. The molecule has 0 radical (unpaired) electrons. The third-order valence-electron chi connectivity index (χ3n) is 9.13. The molecule has 1 aliphatic rings. The largest absolute Gasteiger partial charge is 0.359 e. The molecule has 3 nitrogen and oxygen atoms in total. The Bertz CT molecular complexity index is 2490. The molecular formula is C43H29N3. The van der Waals surface area contributed by atoms with Gasteiger partial charge in [-0.1, -0.05) is 127 Å². The summed E-state index contributed by atoms with van der Waals surface area (Å²) < 4.78 is 0.